The first kappa shape index (κ1) is 16.5. The predicted molar refractivity (Wildman–Crippen MR) is 70.5 cm³/mol. The lowest BCUT2D eigenvalue weighted by atomic mass is 10.2. The second kappa shape index (κ2) is 9.56. The summed E-state index contributed by atoms with van der Waals surface area (Å²) in [6.07, 6.45) is 2.47. The Labute approximate surface area is 106 Å². The van der Waals surface area contributed by atoms with Crippen LogP contribution in [0.15, 0.2) is 0 Å². The van der Waals surface area contributed by atoms with Crippen LogP contribution in [0.3, 0.4) is 0 Å². The van der Waals surface area contributed by atoms with E-state index in [0.717, 1.165) is 6.42 Å². The molecule has 0 aliphatic rings. The van der Waals surface area contributed by atoms with E-state index in [1.807, 2.05) is 6.92 Å². The fraction of sp³-hybridized carbons (Fsp3) is 0.909. The van der Waals surface area contributed by atoms with Crippen LogP contribution in [0.1, 0.15) is 20.3 Å². The maximum Gasteiger partial charge on any atom is 0.236 e. The second-order valence-corrected chi connectivity index (χ2v) is 5.65. The molecule has 3 atom stereocenters. The molecular formula is C11H24N2O3S. The zero-order valence-electron chi connectivity index (χ0n) is 11.1. The normalized spacial score (nSPS) is 16.2. The Hall–Kier alpha value is -0.460. The van der Waals surface area contributed by atoms with Gasteiger partial charge in [0.15, 0.2) is 0 Å². The van der Waals surface area contributed by atoms with Crippen LogP contribution in [-0.4, -0.2) is 54.5 Å². The summed E-state index contributed by atoms with van der Waals surface area (Å²) in [5.41, 5.74) is 0. The molecule has 2 N–H and O–H groups in total. The number of methoxy groups -OCH3 is 1. The van der Waals surface area contributed by atoms with Crippen molar-refractivity contribution in [3.63, 3.8) is 0 Å². The minimum atomic E-state index is -0.844. The van der Waals surface area contributed by atoms with Crippen LogP contribution < -0.4 is 10.6 Å². The van der Waals surface area contributed by atoms with E-state index in [2.05, 4.69) is 10.6 Å². The molecule has 0 aromatic heterocycles. The summed E-state index contributed by atoms with van der Waals surface area (Å²) in [6.45, 7) is 5.00. The first-order valence-electron chi connectivity index (χ1n) is 5.80. The summed E-state index contributed by atoms with van der Waals surface area (Å²) in [7, 11) is 0.793. The van der Waals surface area contributed by atoms with E-state index in [9.17, 15) is 9.00 Å². The minimum Gasteiger partial charge on any atom is -0.385 e. The maximum absolute atomic E-state index is 11.6. The van der Waals surface area contributed by atoms with E-state index < -0.39 is 10.8 Å². The van der Waals surface area contributed by atoms with Crippen LogP contribution in [0.5, 0.6) is 0 Å². The van der Waals surface area contributed by atoms with Gasteiger partial charge in [-0.1, -0.05) is 0 Å². The molecule has 1 amide bonds. The molecule has 0 bridgehead atoms. The predicted octanol–water partition coefficient (Wildman–Crippen LogP) is -0.116. The molecule has 0 saturated heterocycles. The smallest absolute Gasteiger partial charge is 0.236 e. The third-order valence-corrected chi connectivity index (χ3v) is 3.21. The minimum absolute atomic E-state index is 0.0326. The van der Waals surface area contributed by atoms with Crippen molar-refractivity contribution in [2.45, 2.75) is 32.4 Å². The number of hydrogen-bond acceptors (Lipinski definition) is 4. The van der Waals surface area contributed by atoms with Crippen molar-refractivity contribution in [1.82, 2.24) is 10.6 Å². The van der Waals surface area contributed by atoms with Gasteiger partial charge in [-0.25, -0.2) is 0 Å². The number of ether oxygens (including phenoxy) is 1. The third-order valence-electron chi connectivity index (χ3n) is 2.24. The Morgan fingerprint density at radius 1 is 1.41 bits per heavy atom. The first-order valence-corrected chi connectivity index (χ1v) is 7.52. The summed E-state index contributed by atoms with van der Waals surface area (Å²) in [4.78, 5) is 11.6. The standard InChI is InChI=1S/C11H24N2O3S/c1-9(8-17(4)15)13-10(2)11(14)12-6-5-7-16-3/h9-10,13H,5-8H2,1-4H3,(H,12,14). The van der Waals surface area contributed by atoms with Crippen LogP contribution in [0, 0.1) is 0 Å². The number of rotatable bonds is 9. The van der Waals surface area contributed by atoms with Crippen molar-refractivity contribution in [3.8, 4) is 0 Å². The van der Waals surface area contributed by atoms with E-state index in [1.54, 1.807) is 20.3 Å². The molecule has 0 heterocycles. The number of nitrogens with one attached hydrogen (secondary N) is 2. The van der Waals surface area contributed by atoms with E-state index in [4.69, 9.17) is 4.74 Å². The lowest BCUT2D eigenvalue weighted by molar-refractivity contribution is -0.122. The molecule has 5 nitrogen and oxygen atoms in total. The summed E-state index contributed by atoms with van der Waals surface area (Å²) < 4.78 is 15.9. The van der Waals surface area contributed by atoms with Crippen molar-refractivity contribution in [3.05, 3.63) is 0 Å². The molecule has 17 heavy (non-hydrogen) atoms. The van der Waals surface area contributed by atoms with Crippen molar-refractivity contribution >= 4 is 16.7 Å². The van der Waals surface area contributed by atoms with Gasteiger partial charge < -0.3 is 15.4 Å². The van der Waals surface area contributed by atoms with Gasteiger partial charge in [0.1, 0.15) is 0 Å². The van der Waals surface area contributed by atoms with Gasteiger partial charge in [-0.15, -0.1) is 0 Å². The first-order chi connectivity index (χ1) is 7.97. The second-order valence-electron chi connectivity index (χ2n) is 4.17. The Morgan fingerprint density at radius 2 is 2.06 bits per heavy atom. The average molecular weight is 264 g/mol. The molecule has 0 aromatic rings. The van der Waals surface area contributed by atoms with Crippen LogP contribution in [0.25, 0.3) is 0 Å². The number of carbonyl (C=O) groups excluding carboxylic acids is 1. The summed E-state index contributed by atoms with van der Waals surface area (Å²) in [5, 5.41) is 5.93. The fourth-order valence-electron chi connectivity index (χ4n) is 1.48. The highest BCUT2D eigenvalue weighted by Gasteiger charge is 2.15. The molecule has 0 rings (SSSR count). The van der Waals surface area contributed by atoms with E-state index in [1.165, 1.54) is 0 Å². The highest BCUT2D eigenvalue weighted by molar-refractivity contribution is 7.84. The Balaban J connectivity index is 3.76. The van der Waals surface area contributed by atoms with Gasteiger partial charge in [-0.3, -0.25) is 9.00 Å². The van der Waals surface area contributed by atoms with Gasteiger partial charge in [0.05, 0.1) is 6.04 Å². The van der Waals surface area contributed by atoms with Gasteiger partial charge in [-0.05, 0) is 20.3 Å². The van der Waals surface area contributed by atoms with Crippen LogP contribution in [0.2, 0.25) is 0 Å². The molecule has 102 valence electrons. The van der Waals surface area contributed by atoms with E-state index >= 15 is 0 Å². The molecule has 0 aliphatic heterocycles. The largest absolute Gasteiger partial charge is 0.385 e. The third kappa shape index (κ3) is 9.26. The lowest BCUT2D eigenvalue weighted by Crippen LogP contribution is -2.47. The van der Waals surface area contributed by atoms with Gasteiger partial charge in [0.25, 0.3) is 0 Å². The van der Waals surface area contributed by atoms with E-state index in [-0.39, 0.29) is 18.0 Å². The number of hydrogen-bond donors (Lipinski definition) is 2. The number of carbonyl (C=O) groups is 1. The Bertz CT molecular complexity index is 249. The molecule has 3 unspecified atom stereocenters. The van der Waals surface area contributed by atoms with Crippen molar-refractivity contribution in [2.75, 3.05) is 32.3 Å². The van der Waals surface area contributed by atoms with Crippen LogP contribution >= 0.6 is 0 Å². The molecule has 0 saturated carbocycles. The number of amides is 1. The Morgan fingerprint density at radius 3 is 2.59 bits per heavy atom. The molecule has 0 spiro atoms. The zero-order chi connectivity index (χ0) is 13.3. The van der Waals surface area contributed by atoms with Crippen LogP contribution in [0.4, 0.5) is 0 Å². The molecular weight excluding hydrogens is 240 g/mol. The summed E-state index contributed by atoms with van der Waals surface area (Å²) in [6, 6.07) is -0.198. The van der Waals surface area contributed by atoms with Gasteiger partial charge in [-0.2, -0.15) is 0 Å². The van der Waals surface area contributed by atoms with Crippen molar-refractivity contribution in [2.24, 2.45) is 0 Å². The summed E-state index contributed by atoms with van der Waals surface area (Å²) >= 11 is 0. The molecule has 0 fully saturated rings. The van der Waals surface area contributed by atoms with Gasteiger partial charge >= 0.3 is 0 Å². The average Bonchev–Trinajstić information content (AvgIpc) is 2.22. The maximum atomic E-state index is 11.6. The van der Waals surface area contributed by atoms with Crippen LogP contribution in [-0.2, 0) is 20.3 Å². The molecule has 0 radical (unpaired) electrons. The SMILES string of the molecule is COCCCNC(=O)C(C)NC(C)CS(C)=O. The van der Waals surface area contributed by atoms with Crippen molar-refractivity contribution in [1.29, 1.82) is 0 Å². The zero-order valence-corrected chi connectivity index (χ0v) is 11.9. The molecule has 6 heteroatoms. The Kier molecular flexibility index (Phi) is 9.30. The van der Waals surface area contributed by atoms with Gasteiger partial charge in [0, 0.05) is 49.1 Å². The fourth-order valence-corrected chi connectivity index (χ4v) is 2.28. The molecule has 0 aromatic carbocycles. The topological polar surface area (TPSA) is 67.4 Å². The van der Waals surface area contributed by atoms with Crippen molar-refractivity contribution < 1.29 is 13.7 Å². The van der Waals surface area contributed by atoms with E-state index in [0.29, 0.717) is 18.9 Å². The monoisotopic (exact) mass is 264 g/mol. The highest BCUT2D eigenvalue weighted by Crippen LogP contribution is 1.91. The molecule has 0 aliphatic carbocycles. The summed E-state index contributed by atoms with van der Waals surface area (Å²) in [5.74, 6) is 0.524. The quantitative estimate of drug-likeness (QED) is 0.570. The highest BCUT2D eigenvalue weighted by atomic mass is 32.2. The van der Waals surface area contributed by atoms with Gasteiger partial charge in [0.2, 0.25) is 5.91 Å². The lowest BCUT2D eigenvalue weighted by Gasteiger charge is -2.18.